The number of hydrogen-bond donors (Lipinski definition) is 0. The van der Waals surface area contributed by atoms with Crippen LogP contribution in [0.15, 0.2) is 24.5 Å². The van der Waals surface area contributed by atoms with E-state index in [2.05, 4.69) is 40.1 Å². The largest absolute Gasteiger partial charge is 0.379 e. The molecule has 1 fully saturated rings. The summed E-state index contributed by atoms with van der Waals surface area (Å²) in [5.41, 5.74) is 4.14. The maximum absolute atomic E-state index is 5.45. The molecule has 0 spiro atoms. The first-order valence-corrected chi connectivity index (χ1v) is 9.14. The van der Waals surface area contributed by atoms with Crippen molar-refractivity contribution in [1.82, 2.24) is 19.7 Å². The van der Waals surface area contributed by atoms with Crippen molar-refractivity contribution < 1.29 is 4.74 Å². The minimum absolute atomic E-state index is 0.555. The van der Waals surface area contributed by atoms with Crippen molar-refractivity contribution >= 4 is 0 Å². The second-order valence-corrected chi connectivity index (χ2v) is 6.93. The molecule has 1 aliphatic heterocycles. The van der Waals surface area contributed by atoms with Crippen LogP contribution in [0.25, 0.3) is 5.69 Å². The SMILES string of the molecule is C[C@@H](CCc1ncnn1-c1ccc2c(c1)CCC2)N1CCOCC1. The molecular formula is C19H26N4O. The Morgan fingerprint density at radius 3 is 2.88 bits per heavy atom. The highest BCUT2D eigenvalue weighted by Crippen LogP contribution is 2.24. The molecule has 1 aliphatic carbocycles. The fraction of sp³-hybridized carbons (Fsp3) is 0.579. The number of aromatic nitrogens is 3. The summed E-state index contributed by atoms with van der Waals surface area (Å²) in [4.78, 5) is 7.03. The van der Waals surface area contributed by atoms with E-state index >= 15 is 0 Å². The normalized spacial score (nSPS) is 19.4. The van der Waals surface area contributed by atoms with Crippen molar-refractivity contribution in [3.8, 4) is 5.69 Å². The van der Waals surface area contributed by atoms with Crippen LogP contribution in [0, 0.1) is 0 Å². The van der Waals surface area contributed by atoms with Crippen LogP contribution in [0.4, 0.5) is 0 Å². The average Bonchev–Trinajstić information content (AvgIpc) is 3.28. The van der Waals surface area contributed by atoms with Gasteiger partial charge in [0.15, 0.2) is 0 Å². The number of ether oxygens (including phenoxy) is 1. The van der Waals surface area contributed by atoms with Crippen LogP contribution in [0.3, 0.4) is 0 Å². The zero-order chi connectivity index (χ0) is 16.4. The summed E-state index contributed by atoms with van der Waals surface area (Å²) in [7, 11) is 0. The van der Waals surface area contributed by atoms with Crippen molar-refractivity contribution in [3.05, 3.63) is 41.5 Å². The molecule has 1 aromatic carbocycles. The average molecular weight is 326 g/mol. The summed E-state index contributed by atoms with van der Waals surface area (Å²) in [6.07, 6.45) is 7.43. The Balaban J connectivity index is 1.44. The summed E-state index contributed by atoms with van der Waals surface area (Å²) in [5, 5.41) is 4.47. The van der Waals surface area contributed by atoms with Gasteiger partial charge in [-0.2, -0.15) is 5.10 Å². The quantitative estimate of drug-likeness (QED) is 0.846. The third-order valence-electron chi connectivity index (χ3n) is 5.40. The standard InChI is InChI=1S/C19H26N4O/c1-15(22-9-11-24-12-10-22)5-8-19-20-14-21-23(19)18-7-6-16-3-2-4-17(16)13-18/h6-7,13-15H,2-5,8-12H2,1H3/t15-/m0/s1. The maximum Gasteiger partial charge on any atom is 0.138 e. The maximum atomic E-state index is 5.45. The lowest BCUT2D eigenvalue weighted by molar-refractivity contribution is 0.0186. The lowest BCUT2D eigenvalue weighted by Gasteiger charge is -2.32. The topological polar surface area (TPSA) is 43.2 Å². The van der Waals surface area contributed by atoms with E-state index in [-0.39, 0.29) is 0 Å². The van der Waals surface area contributed by atoms with E-state index in [1.165, 1.54) is 30.4 Å². The summed E-state index contributed by atoms with van der Waals surface area (Å²) in [5.74, 6) is 1.06. The Bertz CT molecular complexity index is 690. The van der Waals surface area contributed by atoms with Crippen LogP contribution >= 0.6 is 0 Å². The van der Waals surface area contributed by atoms with Crippen molar-refractivity contribution in [2.24, 2.45) is 0 Å². The number of morpholine rings is 1. The van der Waals surface area contributed by atoms with Crippen LogP contribution in [0.5, 0.6) is 0 Å². The Kier molecular flexibility index (Phi) is 4.63. The Labute approximate surface area is 143 Å². The van der Waals surface area contributed by atoms with Gasteiger partial charge in [-0.1, -0.05) is 6.07 Å². The fourth-order valence-corrected chi connectivity index (χ4v) is 3.88. The zero-order valence-corrected chi connectivity index (χ0v) is 14.4. The van der Waals surface area contributed by atoms with E-state index in [4.69, 9.17) is 4.74 Å². The van der Waals surface area contributed by atoms with E-state index in [1.807, 2.05) is 4.68 Å². The highest BCUT2D eigenvalue weighted by Gasteiger charge is 2.18. The second-order valence-electron chi connectivity index (χ2n) is 6.93. The van der Waals surface area contributed by atoms with Crippen LogP contribution in [-0.2, 0) is 24.0 Å². The van der Waals surface area contributed by atoms with Gasteiger partial charge in [0, 0.05) is 25.6 Å². The number of benzene rings is 1. The fourth-order valence-electron chi connectivity index (χ4n) is 3.88. The predicted octanol–water partition coefficient (Wildman–Crippen LogP) is 2.41. The highest BCUT2D eigenvalue weighted by molar-refractivity contribution is 5.42. The van der Waals surface area contributed by atoms with Gasteiger partial charge in [0.25, 0.3) is 0 Å². The van der Waals surface area contributed by atoms with Gasteiger partial charge in [0.1, 0.15) is 12.2 Å². The molecule has 4 rings (SSSR count). The lowest BCUT2D eigenvalue weighted by atomic mass is 10.1. The molecule has 0 N–H and O–H groups in total. The van der Waals surface area contributed by atoms with Crippen LogP contribution in [-0.4, -0.2) is 52.0 Å². The van der Waals surface area contributed by atoms with E-state index in [9.17, 15) is 0 Å². The van der Waals surface area contributed by atoms with Crippen LogP contribution in [0.2, 0.25) is 0 Å². The first kappa shape index (κ1) is 15.8. The second kappa shape index (κ2) is 7.03. The minimum atomic E-state index is 0.555. The molecule has 1 atom stereocenters. The third kappa shape index (κ3) is 3.23. The Hall–Kier alpha value is -1.72. The van der Waals surface area contributed by atoms with Crippen LogP contribution in [0.1, 0.15) is 36.7 Å². The molecular weight excluding hydrogens is 300 g/mol. The van der Waals surface area contributed by atoms with Gasteiger partial charge in [-0.25, -0.2) is 9.67 Å². The molecule has 5 heteroatoms. The van der Waals surface area contributed by atoms with Gasteiger partial charge in [0.05, 0.1) is 18.9 Å². The third-order valence-corrected chi connectivity index (χ3v) is 5.40. The molecule has 24 heavy (non-hydrogen) atoms. The summed E-state index contributed by atoms with van der Waals surface area (Å²) in [6, 6.07) is 7.30. The van der Waals surface area contributed by atoms with Gasteiger partial charge in [-0.15, -0.1) is 0 Å². The summed E-state index contributed by atoms with van der Waals surface area (Å²) >= 11 is 0. The molecule has 1 saturated heterocycles. The Morgan fingerprint density at radius 2 is 2.00 bits per heavy atom. The predicted molar refractivity (Wildman–Crippen MR) is 93.6 cm³/mol. The van der Waals surface area contributed by atoms with Crippen molar-refractivity contribution in [1.29, 1.82) is 0 Å². The number of hydrogen-bond acceptors (Lipinski definition) is 4. The van der Waals surface area contributed by atoms with E-state index in [0.29, 0.717) is 6.04 Å². The Morgan fingerprint density at radius 1 is 1.17 bits per heavy atom. The molecule has 1 aromatic heterocycles. The number of rotatable bonds is 5. The van der Waals surface area contributed by atoms with E-state index in [1.54, 1.807) is 6.33 Å². The molecule has 2 aromatic rings. The van der Waals surface area contributed by atoms with E-state index in [0.717, 1.165) is 50.7 Å². The molecule has 128 valence electrons. The van der Waals surface area contributed by atoms with Crippen molar-refractivity contribution in [2.45, 2.75) is 45.1 Å². The van der Waals surface area contributed by atoms with Gasteiger partial charge in [-0.3, -0.25) is 4.90 Å². The van der Waals surface area contributed by atoms with Crippen LogP contribution < -0.4 is 0 Å². The number of aryl methyl sites for hydroxylation is 3. The summed E-state index contributed by atoms with van der Waals surface area (Å²) in [6.45, 7) is 6.10. The minimum Gasteiger partial charge on any atom is -0.379 e. The zero-order valence-electron chi connectivity index (χ0n) is 14.4. The molecule has 0 unspecified atom stereocenters. The molecule has 2 aliphatic rings. The first-order valence-electron chi connectivity index (χ1n) is 9.14. The molecule has 0 amide bonds. The van der Waals surface area contributed by atoms with Crippen molar-refractivity contribution in [2.75, 3.05) is 26.3 Å². The molecule has 0 radical (unpaired) electrons. The summed E-state index contributed by atoms with van der Waals surface area (Å²) < 4.78 is 7.46. The smallest absolute Gasteiger partial charge is 0.138 e. The molecule has 0 saturated carbocycles. The lowest BCUT2D eigenvalue weighted by Crippen LogP contribution is -2.42. The van der Waals surface area contributed by atoms with Gasteiger partial charge in [0.2, 0.25) is 0 Å². The molecule has 2 heterocycles. The first-order chi connectivity index (χ1) is 11.8. The molecule has 5 nitrogen and oxygen atoms in total. The van der Waals surface area contributed by atoms with Gasteiger partial charge < -0.3 is 4.74 Å². The van der Waals surface area contributed by atoms with E-state index < -0.39 is 0 Å². The van der Waals surface area contributed by atoms with Gasteiger partial charge in [-0.05, 0) is 55.9 Å². The number of nitrogens with zero attached hydrogens (tertiary/aromatic N) is 4. The highest BCUT2D eigenvalue weighted by atomic mass is 16.5. The van der Waals surface area contributed by atoms with Gasteiger partial charge >= 0.3 is 0 Å². The monoisotopic (exact) mass is 326 g/mol. The van der Waals surface area contributed by atoms with Crippen molar-refractivity contribution in [3.63, 3.8) is 0 Å². The number of fused-ring (bicyclic) bond motifs is 1. The molecule has 0 bridgehead atoms.